The van der Waals surface area contributed by atoms with Crippen LogP contribution in [-0.4, -0.2) is 53.3 Å². The first-order valence-corrected chi connectivity index (χ1v) is 10.2. The van der Waals surface area contributed by atoms with Crippen molar-refractivity contribution in [1.29, 1.82) is 0 Å². The zero-order chi connectivity index (χ0) is 17.9. The van der Waals surface area contributed by atoms with Gasteiger partial charge in [0, 0.05) is 43.9 Å². The summed E-state index contributed by atoms with van der Waals surface area (Å²) in [5.41, 5.74) is 0.0946. The molecule has 4 nitrogen and oxygen atoms in total. The first kappa shape index (κ1) is 18.2. The highest BCUT2D eigenvalue weighted by atomic mass is 32.2. The lowest BCUT2D eigenvalue weighted by atomic mass is 9.78. The maximum absolute atomic E-state index is 13.9. The molecule has 0 aliphatic carbocycles. The molecule has 1 aromatic carbocycles. The average molecular weight is 364 g/mol. The molecule has 2 aliphatic rings. The highest BCUT2D eigenvalue weighted by molar-refractivity contribution is 7.98. The lowest BCUT2D eigenvalue weighted by molar-refractivity contribution is -0.146. The Morgan fingerprint density at radius 1 is 1.28 bits per heavy atom. The number of hydrogen-bond donors (Lipinski definition) is 0. The van der Waals surface area contributed by atoms with Gasteiger partial charge in [-0.05, 0) is 31.6 Å². The molecule has 0 aromatic heterocycles. The van der Waals surface area contributed by atoms with Gasteiger partial charge in [0.1, 0.15) is 5.82 Å². The summed E-state index contributed by atoms with van der Waals surface area (Å²) in [6.45, 7) is 2.16. The quantitative estimate of drug-likeness (QED) is 0.807. The molecule has 1 spiro atoms. The van der Waals surface area contributed by atoms with Gasteiger partial charge >= 0.3 is 0 Å². The number of carbonyl (C=O) groups is 2. The summed E-state index contributed by atoms with van der Waals surface area (Å²) in [4.78, 5) is 29.0. The van der Waals surface area contributed by atoms with E-state index in [1.54, 1.807) is 34.9 Å². The van der Waals surface area contributed by atoms with Crippen molar-refractivity contribution in [2.45, 2.75) is 32.2 Å². The molecule has 1 atom stereocenters. The van der Waals surface area contributed by atoms with E-state index in [0.29, 0.717) is 38.2 Å². The number of likely N-dealkylation sites (tertiary alicyclic amines) is 2. The van der Waals surface area contributed by atoms with Crippen LogP contribution in [-0.2, 0) is 16.1 Å². The number of rotatable bonds is 5. The van der Waals surface area contributed by atoms with E-state index in [1.165, 1.54) is 6.07 Å². The van der Waals surface area contributed by atoms with Crippen molar-refractivity contribution < 1.29 is 14.0 Å². The fourth-order valence-corrected chi connectivity index (χ4v) is 4.33. The minimum Gasteiger partial charge on any atom is -0.342 e. The van der Waals surface area contributed by atoms with Gasteiger partial charge in [0.05, 0.1) is 5.41 Å². The molecular formula is C19H25FN2O2S. The largest absolute Gasteiger partial charge is 0.342 e. The van der Waals surface area contributed by atoms with Crippen molar-refractivity contribution in [3.8, 4) is 0 Å². The van der Waals surface area contributed by atoms with Crippen molar-refractivity contribution in [1.82, 2.24) is 9.80 Å². The number of halogens is 1. The van der Waals surface area contributed by atoms with Crippen LogP contribution in [0.3, 0.4) is 0 Å². The van der Waals surface area contributed by atoms with E-state index < -0.39 is 5.41 Å². The highest BCUT2D eigenvalue weighted by Gasteiger charge is 2.49. The smallest absolute Gasteiger partial charge is 0.230 e. The minimum absolute atomic E-state index is 0.0853. The van der Waals surface area contributed by atoms with Gasteiger partial charge < -0.3 is 9.80 Å². The molecule has 0 bridgehead atoms. The Hall–Kier alpha value is -1.56. The SMILES string of the molecule is CSCCC(=O)N1CC[C@@]2(CCCN(Cc3ccccc3F)C2=O)C1. The zero-order valence-corrected chi connectivity index (χ0v) is 15.5. The van der Waals surface area contributed by atoms with Crippen molar-refractivity contribution in [3.63, 3.8) is 0 Å². The summed E-state index contributed by atoms with van der Waals surface area (Å²) in [7, 11) is 0. The molecule has 2 fully saturated rings. The average Bonchev–Trinajstić information content (AvgIpc) is 3.04. The Balaban J connectivity index is 1.68. The molecule has 3 rings (SSSR count). The van der Waals surface area contributed by atoms with Crippen LogP contribution in [0.15, 0.2) is 24.3 Å². The fraction of sp³-hybridized carbons (Fsp3) is 0.579. The third kappa shape index (κ3) is 3.84. The fourth-order valence-electron chi connectivity index (χ4n) is 3.95. The summed E-state index contributed by atoms with van der Waals surface area (Å²) in [6.07, 6.45) is 4.98. The number of carbonyl (C=O) groups excluding carboxylic acids is 2. The summed E-state index contributed by atoms with van der Waals surface area (Å²) >= 11 is 1.66. The first-order chi connectivity index (χ1) is 12.1. The monoisotopic (exact) mass is 364 g/mol. The molecule has 2 aliphatic heterocycles. The standard InChI is InChI=1S/C19H25FN2O2S/c1-25-12-7-17(23)22-11-9-19(14-22)8-4-10-21(18(19)24)13-15-5-2-3-6-16(15)20/h2-3,5-6H,4,7-14H2,1H3/t19-/m0/s1. The maximum atomic E-state index is 13.9. The summed E-state index contributed by atoms with van der Waals surface area (Å²) in [6, 6.07) is 6.62. The molecule has 136 valence electrons. The van der Waals surface area contributed by atoms with Gasteiger partial charge in [-0.1, -0.05) is 18.2 Å². The van der Waals surface area contributed by atoms with Crippen LogP contribution in [0, 0.1) is 11.2 Å². The van der Waals surface area contributed by atoms with Gasteiger partial charge in [0.2, 0.25) is 11.8 Å². The topological polar surface area (TPSA) is 40.6 Å². The van der Waals surface area contributed by atoms with Gasteiger partial charge in [-0.3, -0.25) is 9.59 Å². The molecule has 0 radical (unpaired) electrons. The van der Waals surface area contributed by atoms with Gasteiger partial charge in [0.25, 0.3) is 0 Å². The number of nitrogens with zero attached hydrogens (tertiary/aromatic N) is 2. The van der Waals surface area contributed by atoms with E-state index in [1.807, 2.05) is 11.2 Å². The van der Waals surface area contributed by atoms with Crippen molar-refractivity contribution >= 4 is 23.6 Å². The summed E-state index contributed by atoms with van der Waals surface area (Å²) in [5.74, 6) is 0.776. The number of thioether (sulfide) groups is 1. The molecule has 1 aromatic rings. The second-order valence-corrected chi connectivity index (χ2v) is 8.00. The molecule has 2 heterocycles. The Labute approximate surface area is 152 Å². The third-order valence-electron chi connectivity index (χ3n) is 5.37. The third-order valence-corrected chi connectivity index (χ3v) is 5.98. The highest BCUT2D eigenvalue weighted by Crippen LogP contribution is 2.40. The first-order valence-electron chi connectivity index (χ1n) is 8.85. The van der Waals surface area contributed by atoms with Crippen molar-refractivity contribution in [2.24, 2.45) is 5.41 Å². The van der Waals surface area contributed by atoms with Crippen LogP contribution < -0.4 is 0 Å². The van der Waals surface area contributed by atoms with E-state index in [9.17, 15) is 14.0 Å². The van der Waals surface area contributed by atoms with E-state index in [-0.39, 0.29) is 17.6 Å². The molecule has 6 heteroatoms. The number of benzene rings is 1. The second kappa shape index (κ2) is 7.77. The molecule has 2 saturated heterocycles. The molecule has 0 unspecified atom stereocenters. The predicted molar refractivity (Wildman–Crippen MR) is 97.7 cm³/mol. The Morgan fingerprint density at radius 2 is 2.08 bits per heavy atom. The van der Waals surface area contributed by atoms with E-state index in [4.69, 9.17) is 0 Å². The van der Waals surface area contributed by atoms with E-state index in [0.717, 1.165) is 25.0 Å². The van der Waals surface area contributed by atoms with Crippen LogP contribution in [0.25, 0.3) is 0 Å². The second-order valence-electron chi connectivity index (χ2n) is 7.01. The molecule has 25 heavy (non-hydrogen) atoms. The lowest BCUT2D eigenvalue weighted by Crippen LogP contribution is -2.50. The summed E-state index contributed by atoms with van der Waals surface area (Å²) < 4.78 is 13.9. The number of piperidine rings is 1. The van der Waals surface area contributed by atoms with Gasteiger partial charge in [0.15, 0.2) is 0 Å². The van der Waals surface area contributed by atoms with Crippen molar-refractivity contribution in [3.05, 3.63) is 35.6 Å². The maximum Gasteiger partial charge on any atom is 0.230 e. The van der Waals surface area contributed by atoms with Crippen molar-refractivity contribution in [2.75, 3.05) is 31.6 Å². The van der Waals surface area contributed by atoms with Crippen LogP contribution in [0.1, 0.15) is 31.2 Å². The van der Waals surface area contributed by atoms with Gasteiger partial charge in [-0.15, -0.1) is 0 Å². The Bertz CT molecular complexity index is 654. The van der Waals surface area contributed by atoms with Gasteiger partial charge in [-0.2, -0.15) is 11.8 Å². The Morgan fingerprint density at radius 3 is 2.84 bits per heavy atom. The zero-order valence-electron chi connectivity index (χ0n) is 14.7. The van der Waals surface area contributed by atoms with E-state index in [2.05, 4.69) is 0 Å². The van der Waals surface area contributed by atoms with Crippen LogP contribution in [0.5, 0.6) is 0 Å². The van der Waals surface area contributed by atoms with E-state index >= 15 is 0 Å². The predicted octanol–water partition coefficient (Wildman–Crippen LogP) is 2.92. The van der Waals surface area contributed by atoms with Crippen LogP contribution >= 0.6 is 11.8 Å². The summed E-state index contributed by atoms with van der Waals surface area (Å²) in [5, 5.41) is 0. The number of hydrogen-bond acceptors (Lipinski definition) is 3. The van der Waals surface area contributed by atoms with Crippen LogP contribution in [0.2, 0.25) is 0 Å². The normalized spacial score (nSPS) is 23.5. The molecule has 2 amide bonds. The van der Waals surface area contributed by atoms with Crippen LogP contribution in [0.4, 0.5) is 4.39 Å². The Kier molecular flexibility index (Phi) is 5.67. The molecular weight excluding hydrogens is 339 g/mol. The molecule has 0 N–H and O–H groups in total. The minimum atomic E-state index is -0.460. The number of amides is 2. The van der Waals surface area contributed by atoms with Gasteiger partial charge in [-0.25, -0.2) is 4.39 Å². The lowest BCUT2D eigenvalue weighted by Gasteiger charge is -2.39. The molecule has 0 saturated carbocycles.